The molecular weight excluding hydrogens is 298 g/mol. The summed E-state index contributed by atoms with van der Waals surface area (Å²) in [5.74, 6) is -0.411. The van der Waals surface area contributed by atoms with Crippen LogP contribution in [-0.2, 0) is 11.8 Å². The van der Waals surface area contributed by atoms with E-state index in [1.54, 1.807) is 42.1 Å². The minimum Gasteiger partial charge on any atom is -0.465 e. The molecule has 3 aromatic rings. The van der Waals surface area contributed by atoms with E-state index in [9.17, 15) is 14.9 Å². The third-order valence-corrected chi connectivity index (χ3v) is 3.69. The summed E-state index contributed by atoms with van der Waals surface area (Å²) in [7, 11) is 3.06. The summed E-state index contributed by atoms with van der Waals surface area (Å²) < 4.78 is 6.28. The second-order valence-corrected chi connectivity index (χ2v) is 4.99. The van der Waals surface area contributed by atoms with Crippen molar-refractivity contribution in [3.8, 4) is 11.1 Å². The largest absolute Gasteiger partial charge is 0.465 e. The highest BCUT2D eigenvalue weighted by Gasteiger charge is 2.18. The number of hydrogen-bond donors (Lipinski definition) is 0. The lowest BCUT2D eigenvalue weighted by atomic mass is 10.0. The van der Waals surface area contributed by atoms with Crippen molar-refractivity contribution in [3.63, 3.8) is 0 Å². The topological polar surface area (TPSA) is 87.3 Å². The first-order chi connectivity index (χ1) is 11.0. The van der Waals surface area contributed by atoms with Gasteiger partial charge in [0.25, 0.3) is 5.69 Å². The first-order valence-corrected chi connectivity index (χ1v) is 6.80. The number of non-ortho nitro benzene ring substituents is 1. The molecule has 23 heavy (non-hydrogen) atoms. The number of aryl methyl sites for hydroxylation is 1. The van der Waals surface area contributed by atoms with Gasteiger partial charge in [-0.2, -0.15) is 5.10 Å². The monoisotopic (exact) mass is 311 g/mol. The number of nitro groups is 1. The van der Waals surface area contributed by atoms with E-state index in [-0.39, 0.29) is 5.69 Å². The van der Waals surface area contributed by atoms with Gasteiger partial charge in [0.2, 0.25) is 0 Å². The summed E-state index contributed by atoms with van der Waals surface area (Å²) in [6.07, 6.45) is 1.49. The van der Waals surface area contributed by atoms with Crippen LogP contribution in [0.5, 0.6) is 0 Å². The molecule has 0 aliphatic heterocycles. The van der Waals surface area contributed by atoms with Crippen molar-refractivity contribution < 1.29 is 14.5 Å². The van der Waals surface area contributed by atoms with Gasteiger partial charge in [0.15, 0.2) is 0 Å². The van der Waals surface area contributed by atoms with E-state index in [1.165, 1.54) is 19.4 Å². The Morgan fingerprint density at radius 3 is 2.52 bits per heavy atom. The van der Waals surface area contributed by atoms with Gasteiger partial charge in [-0.1, -0.05) is 12.1 Å². The Morgan fingerprint density at radius 1 is 1.22 bits per heavy atom. The van der Waals surface area contributed by atoms with Crippen LogP contribution in [-0.4, -0.2) is 27.8 Å². The number of fused-ring (bicyclic) bond motifs is 1. The molecule has 0 N–H and O–H groups in total. The maximum absolute atomic E-state index is 11.5. The van der Waals surface area contributed by atoms with E-state index in [2.05, 4.69) is 9.84 Å². The van der Waals surface area contributed by atoms with E-state index < -0.39 is 10.9 Å². The third kappa shape index (κ3) is 2.42. The van der Waals surface area contributed by atoms with Gasteiger partial charge in [0.05, 0.1) is 34.7 Å². The van der Waals surface area contributed by atoms with Crippen LogP contribution in [0.3, 0.4) is 0 Å². The van der Waals surface area contributed by atoms with Crippen molar-refractivity contribution in [2.75, 3.05) is 7.11 Å². The van der Waals surface area contributed by atoms with E-state index in [1.807, 2.05) is 0 Å². The Balaban J connectivity index is 2.17. The van der Waals surface area contributed by atoms with E-state index in [0.717, 1.165) is 11.1 Å². The van der Waals surface area contributed by atoms with Crippen molar-refractivity contribution in [1.29, 1.82) is 0 Å². The van der Waals surface area contributed by atoms with Crippen LogP contribution in [0.15, 0.2) is 42.6 Å². The predicted octanol–water partition coefficient (Wildman–Crippen LogP) is 2.94. The molecule has 0 aliphatic carbocycles. The number of aromatic nitrogens is 2. The molecule has 3 rings (SSSR count). The van der Waals surface area contributed by atoms with E-state index >= 15 is 0 Å². The molecule has 7 heteroatoms. The van der Waals surface area contributed by atoms with Crippen LogP contribution in [0, 0.1) is 10.1 Å². The first kappa shape index (κ1) is 14.7. The summed E-state index contributed by atoms with van der Waals surface area (Å²) in [5.41, 5.74) is 2.77. The Morgan fingerprint density at radius 2 is 1.91 bits per heavy atom. The second kappa shape index (κ2) is 5.53. The maximum Gasteiger partial charge on any atom is 0.337 e. The van der Waals surface area contributed by atoms with Gasteiger partial charge in [0, 0.05) is 18.7 Å². The minimum atomic E-state index is -0.422. The molecule has 1 heterocycles. The first-order valence-electron chi connectivity index (χ1n) is 6.80. The Labute approximate surface area is 131 Å². The number of esters is 1. The van der Waals surface area contributed by atoms with Gasteiger partial charge < -0.3 is 4.74 Å². The molecule has 7 nitrogen and oxygen atoms in total. The van der Waals surface area contributed by atoms with E-state index in [4.69, 9.17) is 0 Å². The van der Waals surface area contributed by atoms with Gasteiger partial charge in [-0.15, -0.1) is 0 Å². The Hall–Kier alpha value is -3.22. The molecule has 0 saturated heterocycles. The molecule has 0 fully saturated rings. The highest BCUT2D eigenvalue weighted by atomic mass is 16.6. The standard InChI is InChI=1S/C16H13N3O4/c1-18-15-12(7-8-14(19(21)22)13(15)9-17-18)10-3-5-11(6-4-10)16(20)23-2/h3-9H,1-2H3. The fourth-order valence-electron chi connectivity index (χ4n) is 2.57. The van der Waals surface area contributed by atoms with Crippen molar-refractivity contribution in [3.05, 3.63) is 58.3 Å². The average molecular weight is 311 g/mol. The van der Waals surface area contributed by atoms with Gasteiger partial charge in [-0.3, -0.25) is 14.8 Å². The van der Waals surface area contributed by atoms with Crippen LogP contribution in [0.2, 0.25) is 0 Å². The third-order valence-electron chi connectivity index (χ3n) is 3.69. The van der Waals surface area contributed by atoms with Gasteiger partial charge >= 0.3 is 5.97 Å². The normalized spacial score (nSPS) is 10.7. The summed E-state index contributed by atoms with van der Waals surface area (Å²) in [5, 5.41) is 15.7. The molecular formula is C16H13N3O4. The maximum atomic E-state index is 11.5. The smallest absolute Gasteiger partial charge is 0.337 e. The summed E-state index contributed by atoms with van der Waals surface area (Å²) in [4.78, 5) is 22.2. The summed E-state index contributed by atoms with van der Waals surface area (Å²) in [6.45, 7) is 0. The van der Waals surface area contributed by atoms with Crippen LogP contribution in [0.1, 0.15) is 10.4 Å². The van der Waals surface area contributed by atoms with Crippen molar-refractivity contribution in [1.82, 2.24) is 9.78 Å². The summed E-state index contributed by atoms with van der Waals surface area (Å²) in [6, 6.07) is 10.0. The lowest BCUT2D eigenvalue weighted by molar-refractivity contribution is -0.383. The van der Waals surface area contributed by atoms with Crippen molar-refractivity contribution >= 4 is 22.6 Å². The number of carbonyl (C=O) groups is 1. The van der Waals surface area contributed by atoms with Crippen LogP contribution < -0.4 is 0 Å². The fraction of sp³-hybridized carbons (Fsp3) is 0.125. The number of nitrogens with zero attached hydrogens (tertiary/aromatic N) is 3. The quantitative estimate of drug-likeness (QED) is 0.421. The number of hydrogen-bond acceptors (Lipinski definition) is 5. The second-order valence-electron chi connectivity index (χ2n) is 4.99. The average Bonchev–Trinajstić information content (AvgIpc) is 2.95. The molecule has 0 bridgehead atoms. The van der Waals surface area contributed by atoms with Crippen molar-refractivity contribution in [2.45, 2.75) is 0 Å². The Bertz CT molecular complexity index is 913. The summed E-state index contributed by atoms with van der Waals surface area (Å²) >= 11 is 0. The van der Waals surface area contributed by atoms with Crippen molar-refractivity contribution in [2.24, 2.45) is 7.05 Å². The zero-order valence-electron chi connectivity index (χ0n) is 12.5. The SMILES string of the molecule is COC(=O)c1ccc(-c2ccc([N+](=O)[O-])c3cnn(C)c23)cc1. The lowest BCUT2D eigenvalue weighted by Crippen LogP contribution is -2.00. The molecule has 0 atom stereocenters. The lowest BCUT2D eigenvalue weighted by Gasteiger charge is -2.07. The molecule has 0 saturated carbocycles. The molecule has 0 amide bonds. The number of rotatable bonds is 3. The zero-order valence-corrected chi connectivity index (χ0v) is 12.5. The molecule has 116 valence electrons. The van der Waals surface area contributed by atoms with Gasteiger partial charge in [-0.25, -0.2) is 4.79 Å². The number of methoxy groups -OCH3 is 1. The Kier molecular flexibility index (Phi) is 3.53. The number of carbonyl (C=O) groups excluding carboxylic acids is 1. The number of nitro benzene ring substituents is 1. The number of benzene rings is 2. The minimum absolute atomic E-state index is 0.0167. The van der Waals surface area contributed by atoms with Gasteiger partial charge in [0.1, 0.15) is 0 Å². The molecule has 2 aromatic carbocycles. The predicted molar refractivity (Wildman–Crippen MR) is 84.1 cm³/mol. The van der Waals surface area contributed by atoms with Crippen LogP contribution in [0.25, 0.3) is 22.0 Å². The highest BCUT2D eigenvalue weighted by molar-refractivity contribution is 5.99. The van der Waals surface area contributed by atoms with Crippen LogP contribution in [0.4, 0.5) is 5.69 Å². The molecule has 0 radical (unpaired) electrons. The molecule has 0 spiro atoms. The molecule has 1 aromatic heterocycles. The highest BCUT2D eigenvalue weighted by Crippen LogP contribution is 2.34. The van der Waals surface area contributed by atoms with E-state index in [0.29, 0.717) is 16.5 Å². The fourth-order valence-corrected chi connectivity index (χ4v) is 2.57. The van der Waals surface area contributed by atoms with Gasteiger partial charge in [-0.05, 0) is 23.8 Å². The van der Waals surface area contributed by atoms with Crippen LogP contribution >= 0.6 is 0 Å². The number of ether oxygens (including phenoxy) is 1. The molecule has 0 aliphatic rings. The molecule has 0 unspecified atom stereocenters. The zero-order chi connectivity index (χ0) is 16.6.